The maximum atomic E-state index is 13.2. The van der Waals surface area contributed by atoms with Crippen molar-refractivity contribution < 1.29 is 19.1 Å². The molecule has 0 aliphatic carbocycles. The summed E-state index contributed by atoms with van der Waals surface area (Å²) in [6.07, 6.45) is 0.964. The summed E-state index contributed by atoms with van der Waals surface area (Å²) in [4.78, 5) is 23.3. The standard InChI is InChI=1S/C15H19BrFNO3/c1-15(2,3)7-6-12(14(20)21)18-13(19)10-8-9(17)4-5-11(10)16/h4-5,8,12H,6-7H2,1-3H3,(H,18,19)(H,20,21). The first-order chi connectivity index (χ1) is 9.60. The van der Waals surface area contributed by atoms with Crippen molar-refractivity contribution in [2.75, 3.05) is 0 Å². The van der Waals surface area contributed by atoms with Crippen LogP contribution in [0.4, 0.5) is 4.39 Å². The Morgan fingerprint density at radius 1 is 1.38 bits per heavy atom. The molecule has 0 bridgehead atoms. The Morgan fingerprint density at radius 3 is 2.52 bits per heavy atom. The van der Waals surface area contributed by atoms with Crippen molar-refractivity contribution in [3.8, 4) is 0 Å². The average molecular weight is 360 g/mol. The summed E-state index contributed by atoms with van der Waals surface area (Å²) in [5.41, 5.74) is 0.0507. The van der Waals surface area contributed by atoms with E-state index < -0.39 is 23.7 Å². The topological polar surface area (TPSA) is 66.4 Å². The van der Waals surface area contributed by atoms with Crippen molar-refractivity contribution in [1.29, 1.82) is 0 Å². The number of carboxylic acid groups (broad SMARTS) is 1. The highest BCUT2D eigenvalue weighted by molar-refractivity contribution is 9.10. The molecule has 0 saturated carbocycles. The van der Waals surface area contributed by atoms with Crippen molar-refractivity contribution in [2.24, 2.45) is 5.41 Å². The number of hydrogen-bond donors (Lipinski definition) is 2. The Bertz CT molecular complexity index is 540. The molecule has 0 fully saturated rings. The number of carbonyl (C=O) groups is 2. The van der Waals surface area contributed by atoms with E-state index in [-0.39, 0.29) is 11.0 Å². The molecule has 0 saturated heterocycles. The zero-order chi connectivity index (χ0) is 16.2. The van der Waals surface area contributed by atoms with Crippen LogP contribution in [0.15, 0.2) is 22.7 Å². The molecule has 0 aliphatic rings. The highest BCUT2D eigenvalue weighted by Crippen LogP contribution is 2.22. The number of carboxylic acids is 1. The first-order valence-electron chi connectivity index (χ1n) is 6.59. The van der Waals surface area contributed by atoms with E-state index in [9.17, 15) is 19.1 Å². The summed E-state index contributed by atoms with van der Waals surface area (Å²) in [5, 5.41) is 11.6. The van der Waals surface area contributed by atoms with E-state index in [1.165, 1.54) is 12.1 Å². The van der Waals surface area contributed by atoms with Gasteiger partial charge in [0.2, 0.25) is 0 Å². The molecule has 6 heteroatoms. The minimum atomic E-state index is -1.10. The number of benzene rings is 1. The largest absolute Gasteiger partial charge is 0.480 e. The van der Waals surface area contributed by atoms with Crippen LogP contribution in [-0.4, -0.2) is 23.0 Å². The van der Waals surface area contributed by atoms with Crippen LogP contribution in [-0.2, 0) is 4.79 Å². The van der Waals surface area contributed by atoms with Gasteiger partial charge in [-0.05, 0) is 52.4 Å². The lowest BCUT2D eigenvalue weighted by Crippen LogP contribution is -2.41. The smallest absolute Gasteiger partial charge is 0.326 e. The number of amides is 1. The molecule has 0 aliphatic heterocycles. The molecule has 1 atom stereocenters. The van der Waals surface area contributed by atoms with Crippen molar-refractivity contribution in [1.82, 2.24) is 5.32 Å². The molecule has 0 spiro atoms. The quantitative estimate of drug-likeness (QED) is 0.843. The minimum Gasteiger partial charge on any atom is -0.480 e. The van der Waals surface area contributed by atoms with Crippen molar-refractivity contribution >= 4 is 27.8 Å². The molecule has 1 unspecified atom stereocenters. The zero-order valence-electron chi connectivity index (χ0n) is 12.2. The molecule has 0 radical (unpaired) electrons. The summed E-state index contributed by atoms with van der Waals surface area (Å²) >= 11 is 3.15. The molecule has 4 nitrogen and oxygen atoms in total. The molecule has 21 heavy (non-hydrogen) atoms. The predicted octanol–water partition coefficient (Wildman–Crippen LogP) is 3.60. The van der Waals surface area contributed by atoms with Gasteiger partial charge in [-0.15, -0.1) is 0 Å². The average Bonchev–Trinajstić information content (AvgIpc) is 2.35. The zero-order valence-corrected chi connectivity index (χ0v) is 13.8. The second-order valence-corrected chi connectivity index (χ2v) is 6.94. The lowest BCUT2D eigenvalue weighted by atomic mass is 9.88. The first kappa shape index (κ1) is 17.6. The second kappa shape index (κ2) is 7.02. The van der Waals surface area contributed by atoms with Gasteiger partial charge >= 0.3 is 5.97 Å². The molecule has 1 aromatic rings. The van der Waals surface area contributed by atoms with Crippen LogP contribution < -0.4 is 5.32 Å². The van der Waals surface area contributed by atoms with Gasteiger partial charge in [-0.1, -0.05) is 20.8 Å². The maximum absolute atomic E-state index is 13.2. The van der Waals surface area contributed by atoms with Gasteiger partial charge in [0.25, 0.3) is 5.91 Å². The van der Waals surface area contributed by atoms with Crippen LogP contribution in [0.5, 0.6) is 0 Å². The summed E-state index contributed by atoms with van der Waals surface area (Å²) in [6, 6.07) is 2.71. The van der Waals surface area contributed by atoms with Gasteiger partial charge in [0, 0.05) is 4.47 Å². The van der Waals surface area contributed by atoms with Crippen molar-refractivity contribution in [3.63, 3.8) is 0 Å². The number of rotatable bonds is 5. The third-order valence-electron chi connectivity index (χ3n) is 2.96. The molecule has 1 aromatic carbocycles. The molecule has 1 amide bonds. The van der Waals surface area contributed by atoms with E-state index in [0.717, 1.165) is 6.07 Å². The molecule has 0 heterocycles. The van der Waals surface area contributed by atoms with Gasteiger partial charge in [0.15, 0.2) is 0 Å². The maximum Gasteiger partial charge on any atom is 0.326 e. The Balaban J connectivity index is 2.81. The van der Waals surface area contributed by atoms with E-state index in [1.807, 2.05) is 20.8 Å². The molecular formula is C15H19BrFNO3. The number of nitrogens with one attached hydrogen (secondary N) is 1. The van der Waals surface area contributed by atoms with Crippen molar-refractivity contribution in [3.05, 3.63) is 34.1 Å². The fourth-order valence-corrected chi connectivity index (χ4v) is 2.17. The Labute approximate surface area is 131 Å². The highest BCUT2D eigenvalue weighted by Gasteiger charge is 2.24. The van der Waals surface area contributed by atoms with Gasteiger partial charge in [-0.3, -0.25) is 4.79 Å². The lowest BCUT2D eigenvalue weighted by Gasteiger charge is -2.21. The third-order valence-corrected chi connectivity index (χ3v) is 3.65. The Kier molecular flexibility index (Phi) is 5.89. The SMILES string of the molecule is CC(C)(C)CCC(NC(=O)c1cc(F)ccc1Br)C(=O)O. The molecule has 1 rings (SSSR count). The first-order valence-corrected chi connectivity index (χ1v) is 7.38. The Hall–Kier alpha value is -1.43. The monoisotopic (exact) mass is 359 g/mol. The van der Waals surface area contributed by atoms with E-state index >= 15 is 0 Å². The van der Waals surface area contributed by atoms with Crippen LogP contribution in [0.25, 0.3) is 0 Å². The van der Waals surface area contributed by atoms with E-state index in [2.05, 4.69) is 21.2 Å². The molecule has 116 valence electrons. The van der Waals surface area contributed by atoms with Gasteiger partial charge in [-0.25, -0.2) is 9.18 Å². The summed E-state index contributed by atoms with van der Waals surface area (Å²) < 4.78 is 13.6. The number of carbonyl (C=O) groups excluding carboxylic acids is 1. The Morgan fingerprint density at radius 2 is 2.00 bits per heavy atom. The van der Waals surface area contributed by atoms with Crippen LogP contribution >= 0.6 is 15.9 Å². The summed E-state index contributed by atoms with van der Waals surface area (Å²) in [6.45, 7) is 5.99. The fraction of sp³-hybridized carbons (Fsp3) is 0.467. The van der Waals surface area contributed by atoms with Crippen LogP contribution in [0, 0.1) is 11.2 Å². The second-order valence-electron chi connectivity index (χ2n) is 6.09. The minimum absolute atomic E-state index is 0.0299. The number of aliphatic carboxylic acids is 1. The van der Waals surface area contributed by atoms with Gasteiger partial charge < -0.3 is 10.4 Å². The van der Waals surface area contributed by atoms with E-state index in [0.29, 0.717) is 17.3 Å². The van der Waals surface area contributed by atoms with Gasteiger partial charge in [-0.2, -0.15) is 0 Å². The van der Waals surface area contributed by atoms with Gasteiger partial charge in [0.1, 0.15) is 11.9 Å². The molecular weight excluding hydrogens is 341 g/mol. The summed E-state index contributed by atoms with van der Waals surface area (Å²) in [7, 11) is 0. The third kappa shape index (κ3) is 5.83. The molecule has 0 aromatic heterocycles. The van der Waals surface area contributed by atoms with Crippen LogP contribution in [0.1, 0.15) is 44.0 Å². The van der Waals surface area contributed by atoms with Crippen LogP contribution in [0.2, 0.25) is 0 Å². The van der Waals surface area contributed by atoms with Gasteiger partial charge in [0.05, 0.1) is 5.56 Å². The van der Waals surface area contributed by atoms with Crippen LogP contribution in [0.3, 0.4) is 0 Å². The van der Waals surface area contributed by atoms with Crippen molar-refractivity contribution in [2.45, 2.75) is 39.7 Å². The lowest BCUT2D eigenvalue weighted by molar-refractivity contribution is -0.139. The number of halogens is 2. The normalized spacial score (nSPS) is 12.8. The summed E-state index contributed by atoms with van der Waals surface area (Å²) in [5.74, 6) is -2.26. The van der Waals surface area contributed by atoms with E-state index in [4.69, 9.17) is 0 Å². The highest BCUT2D eigenvalue weighted by atomic mass is 79.9. The fourth-order valence-electron chi connectivity index (χ4n) is 1.74. The number of hydrogen-bond acceptors (Lipinski definition) is 2. The van der Waals surface area contributed by atoms with E-state index in [1.54, 1.807) is 0 Å². The predicted molar refractivity (Wildman–Crippen MR) is 81.7 cm³/mol. The molecule has 2 N–H and O–H groups in total.